The summed E-state index contributed by atoms with van der Waals surface area (Å²) in [5.41, 5.74) is 0. The van der Waals surface area contributed by atoms with Crippen LogP contribution < -0.4 is 0 Å². The molecule has 0 N–H and O–H groups in total. The number of aromatic nitrogens is 2. The van der Waals surface area contributed by atoms with E-state index in [0.29, 0.717) is 4.90 Å². The third-order valence-corrected chi connectivity index (χ3v) is 1.16. The second-order valence-electron chi connectivity index (χ2n) is 1.43. The van der Waals surface area contributed by atoms with Gasteiger partial charge >= 0.3 is 0 Å². The van der Waals surface area contributed by atoms with Gasteiger partial charge in [0, 0.05) is 13.2 Å². The summed E-state index contributed by atoms with van der Waals surface area (Å²) in [6, 6.07) is 0. The average molecular weight is 132 g/mol. The normalized spacial score (nSPS) is 9.75. The van der Waals surface area contributed by atoms with Crippen LogP contribution in [0.25, 0.3) is 0 Å². The first-order valence-corrected chi connectivity index (χ1v) is 2.82. The van der Waals surface area contributed by atoms with Gasteiger partial charge in [0.2, 0.25) is 0 Å². The minimum Gasteiger partial charge on any atom is -0.275 e. The van der Waals surface area contributed by atoms with E-state index in [1.165, 1.54) is 6.20 Å². The number of hydrogen-bond acceptors (Lipinski definition) is 2. The van der Waals surface area contributed by atoms with Crippen LogP contribution in [0, 0.1) is 0 Å². The molecule has 4 heteroatoms. The molecule has 1 aromatic heterocycles. The van der Waals surface area contributed by atoms with Crippen LogP contribution in [0.5, 0.6) is 0 Å². The zero-order valence-electron chi connectivity index (χ0n) is 4.34. The first-order chi connectivity index (χ1) is 3.83. The second kappa shape index (κ2) is 2.17. The van der Waals surface area contributed by atoms with E-state index >= 15 is 0 Å². The molecule has 0 atom stereocenters. The van der Waals surface area contributed by atoms with Crippen molar-refractivity contribution in [1.82, 2.24) is 9.78 Å². The van der Waals surface area contributed by atoms with Crippen LogP contribution in [0.1, 0.15) is 0 Å². The van der Waals surface area contributed by atoms with E-state index in [1.54, 1.807) is 17.9 Å². The molecule has 0 fully saturated rings. The molecule has 0 aliphatic rings. The Kier molecular flexibility index (Phi) is 1.53. The Morgan fingerprint density at radius 1 is 1.88 bits per heavy atom. The lowest BCUT2D eigenvalue weighted by atomic mass is 10.7. The van der Waals surface area contributed by atoms with Crippen LogP contribution in [0.15, 0.2) is 17.3 Å². The summed E-state index contributed by atoms with van der Waals surface area (Å²) in [5, 5.41) is 3.74. The van der Waals surface area contributed by atoms with E-state index in [4.69, 9.17) is 0 Å². The highest BCUT2D eigenvalue weighted by atomic mass is 32.2. The van der Waals surface area contributed by atoms with Gasteiger partial charge in [-0.1, -0.05) is 0 Å². The maximum atomic E-state index is 11.6. The molecule has 0 saturated carbocycles. The van der Waals surface area contributed by atoms with Crippen molar-refractivity contribution in [1.29, 1.82) is 0 Å². The van der Waals surface area contributed by atoms with Gasteiger partial charge in [-0.05, 0) is 0 Å². The van der Waals surface area contributed by atoms with Gasteiger partial charge in [-0.3, -0.25) is 4.68 Å². The molecule has 1 aromatic rings. The summed E-state index contributed by atoms with van der Waals surface area (Å²) >= 11 is 0.206. The van der Waals surface area contributed by atoms with Crippen LogP contribution in [0.4, 0.5) is 3.89 Å². The molecule has 0 amide bonds. The van der Waals surface area contributed by atoms with Crippen molar-refractivity contribution in [3.63, 3.8) is 0 Å². The first kappa shape index (κ1) is 5.62. The van der Waals surface area contributed by atoms with Crippen LogP contribution >= 0.6 is 12.1 Å². The third kappa shape index (κ3) is 1.01. The highest BCUT2D eigenvalue weighted by Gasteiger charge is 1.92. The topological polar surface area (TPSA) is 17.8 Å². The van der Waals surface area contributed by atoms with Crippen molar-refractivity contribution < 1.29 is 3.89 Å². The molecule has 0 bridgehead atoms. The Morgan fingerprint density at radius 2 is 2.62 bits per heavy atom. The Balaban J connectivity index is 2.84. The second-order valence-corrected chi connectivity index (χ2v) is 2.05. The van der Waals surface area contributed by atoms with Crippen LogP contribution in [0.3, 0.4) is 0 Å². The fourth-order valence-corrected chi connectivity index (χ4v) is 0.718. The molecule has 0 aliphatic heterocycles. The summed E-state index contributed by atoms with van der Waals surface area (Å²) in [6.45, 7) is 0. The molecule has 2 nitrogen and oxygen atoms in total. The number of halogens is 1. The van der Waals surface area contributed by atoms with Gasteiger partial charge in [-0.25, -0.2) is 0 Å². The smallest absolute Gasteiger partial charge is 0.0845 e. The minimum atomic E-state index is 0.206. The molecule has 0 spiro atoms. The highest BCUT2D eigenvalue weighted by Crippen LogP contribution is 2.15. The van der Waals surface area contributed by atoms with Crippen molar-refractivity contribution in [3.05, 3.63) is 12.4 Å². The fourth-order valence-electron chi connectivity index (χ4n) is 0.439. The molecule has 0 radical (unpaired) electrons. The van der Waals surface area contributed by atoms with Crippen molar-refractivity contribution in [2.75, 3.05) is 0 Å². The number of rotatable bonds is 1. The van der Waals surface area contributed by atoms with Crippen LogP contribution in [-0.2, 0) is 7.05 Å². The highest BCUT2D eigenvalue weighted by molar-refractivity contribution is 7.94. The monoisotopic (exact) mass is 132 g/mol. The molecule has 44 valence electrons. The largest absolute Gasteiger partial charge is 0.275 e. The van der Waals surface area contributed by atoms with E-state index in [1.807, 2.05) is 0 Å². The first-order valence-electron chi connectivity index (χ1n) is 2.10. The van der Waals surface area contributed by atoms with Gasteiger partial charge in [0.25, 0.3) is 0 Å². The van der Waals surface area contributed by atoms with Crippen molar-refractivity contribution in [3.8, 4) is 0 Å². The summed E-state index contributed by atoms with van der Waals surface area (Å²) < 4.78 is 13.2. The average Bonchev–Trinajstić information content (AvgIpc) is 2.14. The third-order valence-electron chi connectivity index (χ3n) is 0.770. The molecule has 0 aliphatic carbocycles. The SMILES string of the molecule is Cn1cc(SF)cn1. The van der Waals surface area contributed by atoms with Gasteiger partial charge in [0.05, 0.1) is 23.2 Å². The maximum absolute atomic E-state index is 11.6. The Bertz CT molecular complexity index is 174. The molecule has 0 saturated heterocycles. The van der Waals surface area contributed by atoms with E-state index in [-0.39, 0.29) is 12.1 Å². The maximum Gasteiger partial charge on any atom is 0.0845 e. The zero-order chi connectivity index (χ0) is 5.98. The van der Waals surface area contributed by atoms with E-state index in [0.717, 1.165) is 0 Å². The number of hydrogen-bond donors (Lipinski definition) is 0. The fraction of sp³-hybridized carbons (Fsp3) is 0.250. The predicted molar refractivity (Wildman–Crippen MR) is 30.2 cm³/mol. The quantitative estimate of drug-likeness (QED) is 0.574. The lowest BCUT2D eigenvalue weighted by Crippen LogP contribution is -1.83. The minimum absolute atomic E-state index is 0.206. The molecule has 0 unspecified atom stereocenters. The summed E-state index contributed by atoms with van der Waals surface area (Å²) in [5.74, 6) is 0. The van der Waals surface area contributed by atoms with Crippen LogP contribution in [-0.4, -0.2) is 9.78 Å². The van der Waals surface area contributed by atoms with E-state index in [9.17, 15) is 3.89 Å². The summed E-state index contributed by atoms with van der Waals surface area (Å²) in [7, 11) is 1.75. The lowest BCUT2D eigenvalue weighted by Gasteiger charge is -1.79. The standard InChI is InChI=1S/C4H5FN2S/c1-7-3-4(8-5)2-6-7/h2-3H,1H3. The van der Waals surface area contributed by atoms with Crippen molar-refractivity contribution >= 4 is 12.1 Å². The molecule has 1 rings (SSSR count). The van der Waals surface area contributed by atoms with Gasteiger partial charge in [-0.15, -0.1) is 0 Å². The lowest BCUT2D eigenvalue weighted by molar-refractivity contribution is 0.766. The van der Waals surface area contributed by atoms with Gasteiger partial charge in [0.1, 0.15) is 0 Å². The Morgan fingerprint density at radius 3 is 2.88 bits per heavy atom. The van der Waals surface area contributed by atoms with Gasteiger partial charge in [0.15, 0.2) is 0 Å². The van der Waals surface area contributed by atoms with E-state index < -0.39 is 0 Å². The zero-order valence-corrected chi connectivity index (χ0v) is 5.15. The van der Waals surface area contributed by atoms with Gasteiger partial charge < -0.3 is 0 Å². The Labute approximate surface area is 51.0 Å². The number of nitrogens with zero attached hydrogens (tertiary/aromatic N) is 2. The molecular weight excluding hydrogens is 127 g/mol. The Hall–Kier alpha value is -0.510. The van der Waals surface area contributed by atoms with Crippen LogP contribution in [0.2, 0.25) is 0 Å². The van der Waals surface area contributed by atoms with E-state index in [2.05, 4.69) is 5.10 Å². The van der Waals surface area contributed by atoms with Crippen molar-refractivity contribution in [2.24, 2.45) is 7.05 Å². The molecule has 8 heavy (non-hydrogen) atoms. The van der Waals surface area contributed by atoms with Crippen molar-refractivity contribution in [2.45, 2.75) is 4.90 Å². The molecule has 1 heterocycles. The summed E-state index contributed by atoms with van der Waals surface area (Å²) in [4.78, 5) is 0.549. The molecular formula is C4H5FN2S. The predicted octanol–water partition coefficient (Wildman–Crippen LogP) is 1.40. The molecule has 0 aromatic carbocycles. The number of aryl methyl sites for hydroxylation is 1. The van der Waals surface area contributed by atoms with Gasteiger partial charge in [-0.2, -0.15) is 8.98 Å². The summed E-state index contributed by atoms with van der Waals surface area (Å²) in [6.07, 6.45) is 3.09.